The first-order valence-electron chi connectivity index (χ1n) is 7.17. The van der Waals surface area contributed by atoms with Crippen LogP contribution in [0.4, 0.5) is 4.39 Å². The Balaban J connectivity index is 1.77. The van der Waals surface area contributed by atoms with E-state index in [-0.39, 0.29) is 17.4 Å². The maximum atomic E-state index is 12.9. The molecule has 3 rings (SSSR count). The monoisotopic (exact) mass is 298 g/mol. The molecule has 0 atom stereocenters. The molecule has 112 valence electrons. The van der Waals surface area contributed by atoms with Crippen molar-refractivity contribution in [1.82, 2.24) is 15.1 Å². The van der Waals surface area contributed by atoms with Gasteiger partial charge in [0.2, 0.25) is 0 Å². The number of benzene rings is 1. The van der Waals surface area contributed by atoms with E-state index < -0.39 is 5.54 Å². The molecule has 0 spiro atoms. The summed E-state index contributed by atoms with van der Waals surface area (Å²) in [7, 11) is 0. The number of nitrogens with one attached hydrogen (secondary N) is 1. The first-order chi connectivity index (χ1) is 10.6. The number of carbonyl (C=O) groups is 1. The summed E-state index contributed by atoms with van der Waals surface area (Å²) < 4.78 is 14.4. The molecule has 0 saturated heterocycles. The molecule has 0 radical (unpaired) electrons. The average Bonchev–Trinajstić information content (AvgIpc) is 3.18. The van der Waals surface area contributed by atoms with Crippen molar-refractivity contribution >= 4 is 5.91 Å². The summed E-state index contributed by atoms with van der Waals surface area (Å²) in [5.74, 6) is -0.685. The van der Waals surface area contributed by atoms with Gasteiger partial charge < -0.3 is 5.32 Å². The molecule has 0 unspecified atom stereocenters. The van der Waals surface area contributed by atoms with E-state index in [1.807, 2.05) is 0 Å². The van der Waals surface area contributed by atoms with Crippen LogP contribution >= 0.6 is 0 Å². The van der Waals surface area contributed by atoms with Crippen molar-refractivity contribution in [3.8, 4) is 11.8 Å². The number of amides is 1. The number of nitrogens with zero attached hydrogens (tertiary/aromatic N) is 3. The predicted molar refractivity (Wildman–Crippen MR) is 77.8 cm³/mol. The third kappa shape index (κ3) is 2.70. The SMILES string of the molecule is N#CC1(NC(=O)c2ccn(-c3ccc(F)cc3)n2)CCCC1. The fraction of sp³-hybridized carbons (Fsp3) is 0.312. The van der Waals surface area contributed by atoms with Crippen molar-refractivity contribution in [2.24, 2.45) is 0 Å². The zero-order valence-corrected chi connectivity index (χ0v) is 11.9. The van der Waals surface area contributed by atoms with Crippen LogP contribution in [0.5, 0.6) is 0 Å². The van der Waals surface area contributed by atoms with E-state index in [4.69, 9.17) is 0 Å². The zero-order chi connectivity index (χ0) is 15.6. The number of carbonyl (C=O) groups excluding carboxylic acids is 1. The molecule has 1 aromatic carbocycles. The highest BCUT2D eigenvalue weighted by Gasteiger charge is 2.36. The van der Waals surface area contributed by atoms with Crippen LogP contribution in [0.15, 0.2) is 36.5 Å². The van der Waals surface area contributed by atoms with Gasteiger partial charge in [0.25, 0.3) is 5.91 Å². The molecular formula is C16H15FN4O. The van der Waals surface area contributed by atoms with E-state index in [0.717, 1.165) is 12.8 Å². The van der Waals surface area contributed by atoms with Gasteiger partial charge in [0.05, 0.1) is 11.8 Å². The summed E-state index contributed by atoms with van der Waals surface area (Å²) in [5.41, 5.74) is 0.138. The van der Waals surface area contributed by atoms with Crippen molar-refractivity contribution in [1.29, 1.82) is 5.26 Å². The highest BCUT2D eigenvalue weighted by Crippen LogP contribution is 2.29. The van der Waals surface area contributed by atoms with Gasteiger partial charge in [0.15, 0.2) is 5.69 Å². The second-order valence-corrected chi connectivity index (χ2v) is 5.48. The second kappa shape index (κ2) is 5.60. The van der Waals surface area contributed by atoms with Crippen LogP contribution in [0, 0.1) is 17.1 Å². The Morgan fingerprint density at radius 2 is 1.95 bits per heavy atom. The minimum atomic E-state index is -0.767. The van der Waals surface area contributed by atoms with E-state index in [1.54, 1.807) is 24.4 Å². The molecule has 1 amide bonds. The van der Waals surface area contributed by atoms with Crippen LogP contribution in [-0.4, -0.2) is 21.2 Å². The van der Waals surface area contributed by atoms with Crippen molar-refractivity contribution < 1.29 is 9.18 Å². The summed E-state index contributed by atoms with van der Waals surface area (Å²) in [4.78, 5) is 12.3. The molecule has 2 aromatic rings. The lowest BCUT2D eigenvalue weighted by atomic mass is 10.00. The van der Waals surface area contributed by atoms with Crippen molar-refractivity contribution in [3.05, 3.63) is 48.0 Å². The molecule has 1 N–H and O–H groups in total. The highest BCUT2D eigenvalue weighted by atomic mass is 19.1. The van der Waals surface area contributed by atoms with Gasteiger partial charge in [-0.2, -0.15) is 10.4 Å². The maximum Gasteiger partial charge on any atom is 0.273 e. The summed E-state index contributed by atoms with van der Waals surface area (Å²) in [6, 6.07) is 9.63. The normalized spacial score (nSPS) is 16.2. The number of hydrogen-bond donors (Lipinski definition) is 1. The first kappa shape index (κ1) is 14.3. The van der Waals surface area contributed by atoms with Crippen LogP contribution in [0.3, 0.4) is 0 Å². The summed E-state index contributed by atoms with van der Waals surface area (Å²) in [5, 5.41) is 16.3. The topological polar surface area (TPSA) is 70.7 Å². The molecular weight excluding hydrogens is 283 g/mol. The van der Waals surface area contributed by atoms with Gasteiger partial charge in [0, 0.05) is 6.20 Å². The van der Waals surface area contributed by atoms with Crippen molar-refractivity contribution in [3.63, 3.8) is 0 Å². The largest absolute Gasteiger partial charge is 0.332 e. The molecule has 1 aliphatic carbocycles. The van der Waals surface area contributed by atoms with Crippen LogP contribution < -0.4 is 5.32 Å². The summed E-state index contributed by atoms with van der Waals surface area (Å²) in [6.45, 7) is 0. The lowest BCUT2D eigenvalue weighted by Gasteiger charge is -2.21. The van der Waals surface area contributed by atoms with Gasteiger partial charge in [0.1, 0.15) is 11.4 Å². The number of aromatic nitrogens is 2. The zero-order valence-electron chi connectivity index (χ0n) is 11.9. The number of nitriles is 1. The van der Waals surface area contributed by atoms with Crippen LogP contribution in [0.2, 0.25) is 0 Å². The van der Waals surface area contributed by atoms with Crippen molar-refractivity contribution in [2.45, 2.75) is 31.2 Å². The Morgan fingerprint density at radius 1 is 1.27 bits per heavy atom. The smallest absolute Gasteiger partial charge is 0.273 e. The fourth-order valence-electron chi connectivity index (χ4n) is 2.71. The highest BCUT2D eigenvalue weighted by molar-refractivity contribution is 5.93. The molecule has 6 heteroatoms. The molecule has 5 nitrogen and oxygen atoms in total. The van der Waals surface area contributed by atoms with E-state index >= 15 is 0 Å². The molecule has 0 bridgehead atoms. The maximum absolute atomic E-state index is 12.9. The number of hydrogen-bond acceptors (Lipinski definition) is 3. The van der Waals surface area contributed by atoms with Crippen molar-refractivity contribution in [2.75, 3.05) is 0 Å². The van der Waals surface area contributed by atoms with Gasteiger partial charge in [-0.3, -0.25) is 4.79 Å². The number of rotatable bonds is 3. The lowest BCUT2D eigenvalue weighted by Crippen LogP contribution is -2.45. The first-order valence-corrected chi connectivity index (χ1v) is 7.17. The quantitative estimate of drug-likeness (QED) is 0.946. The Morgan fingerprint density at radius 3 is 2.59 bits per heavy atom. The van der Waals surface area contributed by atoms with Gasteiger partial charge in [-0.05, 0) is 56.0 Å². The van der Waals surface area contributed by atoms with Gasteiger partial charge in [-0.25, -0.2) is 9.07 Å². The molecule has 22 heavy (non-hydrogen) atoms. The third-order valence-corrected chi connectivity index (χ3v) is 3.94. The van der Waals surface area contributed by atoms with Gasteiger partial charge in [-0.15, -0.1) is 0 Å². The van der Waals surface area contributed by atoms with Gasteiger partial charge >= 0.3 is 0 Å². The van der Waals surface area contributed by atoms with Crippen LogP contribution in [0.1, 0.15) is 36.2 Å². The lowest BCUT2D eigenvalue weighted by molar-refractivity contribution is 0.0915. The van der Waals surface area contributed by atoms with Gasteiger partial charge in [-0.1, -0.05) is 0 Å². The number of halogens is 1. The van der Waals surface area contributed by atoms with E-state index in [0.29, 0.717) is 18.5 Å². The van der Waals surface area contributed by atoms with E-state index in [2.05, 4.69) is 16.5 Å². The Bertz CT molecular complexity index is 723. The molecule has 1 heterocycles. The van der Waals surface area contributed by atoms with Crippen LogP contribution in [0.25, 0.3) is 5.69 Å². The Hall–Kier alpha value is -2.68. The van der Waals surface area contributed by atoms with E-state index in [9.17, 15) is 14.4 Å². The van der Waals surface area contributed by atoms with Crippen LogP contribution in [-0.2, 0) is 0 Å². The third-order valence-electron chi connectivity index (χ3n) is 3.94. The Labute approximate surface area is 127 Å². The predicted octanol–water partition coefficient (Wildman–Crippen LogP) is 2.58. The minimum absolute atomic E-state index is 0.242. The molecule has 1 fully saturated rings. The molecule has 1 saturated carbocycles. The minimum Gasteiger partial charge on any atom is -0.332 e. The molecule has 0 aliphatic heterocycles. The fourth-order valence-corrected chi connectivity index (χ4v) is 2.71. The standard InChI is InChI=1S/C16H15FN4O/c17-12-3-5-13(6-4-12)21-10-7-14(20-21)15(22)19-16(11-18)8-1-2-9-16/h3-7,10H,1-2,8-9H2,(H,19,22). The second-order valence-electron chi connectivity index (χ2n) is 5.48. The molecule has 1 aliphatic rings. The Kier molecular flexibility index (Phi) is 3.63. The summed E-state index contributed by atoms with van der Waals surface area (Å²) in [6.07, 6.45) is 4.87. The van der Waals surface area contributed by atoms with E-state index in [1.165, 1.54) is 16.8 Å². The summed E-state index contributed by atoms with van der Waals surface area (Å²) >= 11 is 0. The average molecular weight is 298 g/mol. The molecule has 1 aromatic heterocycles.